The van der Waals surface area contributed by atoms with E-state index in [1.807, 2.05) is 37.3 Å². The Kier molecular flexibility index (Phi) is 8.03. The number of amides is 1. The number of nitrogens with zero attached hydrogens (tertiary/aromatic N) is 1. The van der Waals surface area contributed by atoms with Crippen molar-refractivity contribution >= 4 is 5.91 Å². The van der Waals surface area contributed by atoms with E-state index in [2.05, 4.69) is 10.3 Å². The lowest BCUT2D eigenvalue weighted by Crippen LogP contribution is -2.33. The summed E-state index contributed by atoms with van der Waals surface area (Å²) < 4.78 is 16.4. The number of carbonyl (C=O) groups excluding carboxylic acids is 1. The van der Waals surface area contributed by atoms with Crippen molar-refractivity contribution in [3.05, 3.63) is 53.9 Å². The van der Waals surface area contributed by atoms with Crippen LogP contribution in [0.25, 0.3) is 0 Å². The summed E-state index contributed by atoms with van der Waals surface area (Å²) in [5, 5.41) is 2.95. The largest absolute Gasteiger partial charge is 0.493 e. The van der Waals surface area contributed by atoms with Crippen LogP contribution in [0, 0.1) is 0 Å². The van der Waals surface area contributed by atoms with E-state index in [-0.39, 0.29) is 24.5 Å². The van der Waals surface area contributed by atoms with Gasteiger partial charge in [-0.05, 0) is 42.3 Å². The first-order valence-electron chi connectivity index (χ1n) is 8.79. The first-order valence-corrected chi connectivity index (χ1v) is 8.79. The molecule has 0 radical (unpaired) electrons. The van der Waals surface area contributed by atoms with Crippen LogP contribution in [-0.2, 0) is 16.1 Å². The molecule has 3 N–H and O–H groups in total. The summed E-state index contributed by atoms with van der Waals surface area (Å²) in [4.78, 5) is 16.1. The van der Waals surface area contributed by atoms with Crippen LogP contribution in [0.1, 0.15) is 30.5 Å². The summed E-state index contributed by atoms with van der Waals surface area (Å²) in [6.07, 6.45) is 3.39. The number of nitrogens with two attached hydrogens (primary N) is 1. The normalized spacial score (nSPS) is 12.9. The van der Waals surface area contributed by atoms with Gasteiger partial charge in [-0.2, -0.15) is 0 Å². The molecule has 2 unspecified atom stereocenters. The number of nitrogens with one attached hydrogen (secondary N) is 1. The van der Waals surface area contributed by atoms with Crippen molar-refractivity contribution in [3.8, 4) is 11.5 Å². The Hall–Kier alpha value is -2.64. The molecule has 0 aliphatic rings. The molecule has 0 aliphatic carbocycles. The van der Waals surface area contributed by atoms with Crippen molar-refractivity contribution in [1.82, 2.24) is 10.3 Å². The van der Waals surface area contributed by atoms with Gasteiger partial charge >= 0.3 is 0 Å². The Balaban J connectivity index is 2.00. The summed E-state index contributed by atoms with van der Waals surface area (Å²) in [7, 11) is 3.13. The van der Waals surface area contributed by atoms with Crippen LogP contribution < -0.4 is 20.5 Å². The van der Waals surface area contributed by atoms with E-state index in [1.54, 1.807) is 26.6 Å². The smallest absolute Gasteiger partial charge is 0.223 e. The molecule has 1 heterocycles. The van der Waals surface area contributed by atoms with Crippen molar-refractivity contribution in [2.45, 2.75) is 32.1 Å². The lowest BCUT2D eigenvalue weighted by Gasteiger charge is -2.19. The van der Waals surface area contributed by atoms with Crippen LogP contribution in [0.3, 0.4) is 0 Å². The molecule has 27 heavy (non-hydrogen) atoms. The molecule has 7 nitrogen and oxygen atoms in total. The SMILES string of the molecule is COc1cc(C(C)NC(=O)CC(CN)OC)ccc1OCc1ccncc1. The third-order valence-corrected chi connectivity index (χ3v) is 4.22. The summed E-state index contributed by atoms with van der Waals surface area (Å²) in [6, 6.07) is 9.22. The number of hydrogen-bond acceptors (Lipinski definition) is 6. The molecular formula is C20H27N3O4. The van der Waals surface area contributed by atoms with E-state index in [0.29, 0.717) is 24.7 Å². The zero-order valence-electron chi connectivity index (χ0n) is 16.0. The average molecular weight is 373 g/mol. The lowest BCUT2D eigenvalue weighted by atomic mass is 10.1. The molecule has 1 amide bonds. The van der Waals surface area contributed by atoms with Crippen molar-refractivity contribution in [1.29, 1.82) is 0 Å². The van der Waals surface area contributed by atoms with E-state index >= 15 is 0 Å². The number of methoxy groups -OCH3 is 2. The number of hydrogen-bond donors (Lipinski definition) is 2. The van der Waals surface area contributed by atoms with Crippen LogP contribution >= 0.6 is 0 Å². The molecule has 7 heteroatoms. The Morgan fingerprint density at radius 2 is 1.93 bits per heavy atom. The van der Waals surface area contributed by atoms with Crippen molar-refractivity contribution < 1.29 is 19.0 Å². The molecule has 2 atom stereocenters. The molecule has 1 aromatic heterocycles. The predicted molar refractivity (Wildman–Crippen MR) is 103 cm³/mol. The maximum absolute atomic E-state index is 12.1. The topological polar surface area (TPSA) is 95.7 Å². The van der Waals surface area contributed by atoms with Crippen molar-refractivity contribution in [2.24, 2.45) is 5.73 Å². The molecule has 0 saturated heterocycles. The van der Waals surface area contributed by atoms with Gasteiger partial charge in [-0.3, -0.25) is 9.78 Å². The van der Waals surface area contributed by atoms with Crippen LogP contribution in [0.2, 0.25) is 0 Å². The lowest BCUT2D eigenvalue weighted by molar-refractivity contribution is -0.124. The van der Waals surface area contributed by atoms with Gasteiger partial charge in [-0.25, -0.2) is 0 Å². The highest BCUT2D eigenvalue weighted by Crippen LogP contribution is 2.31. The van der Waals surface area contributed by atoms with Gasteiger partial charge in [0.25, 0.3) is 0 Å². The number of aromatic nitrogens is 1. The second-order valence-electron chi connectivity index (χ2n) is 6.14. The van der Waals surface area contributed by atoms with Crippen LogP contribution in [0.5, 0.6) is 11.5 Å². The van der Waals surface area contributed by atoms with Crippen molar-refractivity contribution in [2.75, 3.05) is 20.8 Å². The minimum Gasteiger partial charge on any atom is -0.493 e. The summed E-state index contributed by atoms with van der Waals surface area (Å²) in [5.74, 6) is 1.13. The predicted octanol–water partition coefficient (Wildman–Crippen LogP) is 2.21. The standard InChI is InChI=1S/C20H27N3O4/c1-14(23-20(24)11-17(12-21)25-2)16-4-5-18(19(10-16)26-3)27-13-15-6-8-22-9-7-15/h4-10,14,17H,11-13,21H2,1-3H3,(H,23,24). The van der Waals surface area contributed by atoms with Gasteiger partial charge in [0.2, 0.25) is 5.91 Å². The maximum Gasteiger partial charge on any atom is 0.223 e. The number of ether oxygens (including phenoxy) is 3. The number of carbonyl (C=O) groups is 1. The molecular weight excluding hydrogens is 346 g/mol. The third-order valence-electron chi connectivity index (χ3n) is 4.22. The first kappa shape index (κ1) is 20.7. The number of benzene rings is 1. The highest BCUT2D eigenvalue weighted by molar-refractivity contribution is 5.77. The molecule has 0 bridgehead atoms. The van der Waals surface area contributed by atoms with Gasteiger partial charge in [0.15, 0.2) is 11.5 Å². The minimum absolute atomic E-state index is 0.114. The van der Waals surface area contributed by atoms with Gasteiger partial charge in [0, 0.05) is 26.0 Å². The molecule has 146 valence electrons. The summed E-state index contributed by atoms with van der Waals surface area (Å²) >= 11 is 0. The van der Waals surface area contributed by atoms with Gasteiger partial charge in [0.1, 0.15) is 6.61 Å². The fraction of sp³-hybridized carbons (Fsp3) is 0.400. The summed E-state index contributed by atoms with van der Waals surface area (Å²) in [6.45, 7) is 2.63. The van der Waals surface area contributed by atoms with E-state index < -0.39 is 0 Å². The quantitative estimate of drug-likeness (QED) is 0.663. The van der Waals surface area contributed by atoms with E-state index in [4.69, 9.17) is 19.9 Å². The molecule has 1 aromatic carbocycles. The highest BCUT2D eigenvalue weighted by atomic mass is 16.5. The zero-order chi connectivity index (χ0) is 19.6. The van der Waals surface area contributed by atoms with Crippen molar-refractivity contribution in [3.63, 3.8) is 0 Å². The molecule has 0 saturated carbocycles. The Morgan fingerprint density at radius 1 is 1.19 bits per heavy atom. The fourth-order valence-electron chi connectivity index (χ4n) is 2.57. The van der Waals surface area contributed by atoms with Crippen LogP contribution in [0.4, 0.5) is 0 Å². The van der Waals surface area contributed by atoms with Gasteiger partial charge in [-0.1, -0.05) is 6.07 Å². The maximum atomic E-state index is 12.1. The van der Waals surface area contributed by atoms with E-state index in [1.165, 1.54) is 0 Å². The monoisotopic (exact) mass is 373 g/mol. The molecule has 0 fully saturated rings. The number of pyridine rings is 1. The Morgan fingerprint density at radius 3 is 2.56 bits per heavy atom. The molecule has 0 aliphatic heterocycles. The molecule has 0 spiro atoms. The zero-order valence-corrected chi connectivity index (χ0v) is 16.0. The van der Waals surface area contributed by atoms with E-state index in [0.717, 1.165) is 11.1 Å². The summed E-state index contributed by atoms with van der Waals surface area (Å²) in [5.41, 5.74) is 7.49. The number of rotatable bonds is 10. The molecule has 2 rings (SSSR count). The van der Waals surface area contributed by atoms with Crippen LogP contribution in [-0.4, -0.2) is 37.8 Å². The van der Waals surface area contributed by atoms with Gasteiger partial charge < -0.3 is 25.3 Å². The van der Waals surface area contributed by atoms with Crippen LogP contribution in [0.15, 0.2) is 42.7 Å². The second kappa shape index (κ2) is 10.5. The highest BCUT2D eigenvalue weighted by Gasteiger charge is 2.16. The Labute approximate surface area is 159 Å². The average Bonchev–Trinajstić information content (AvgIpc) is 2.70. The molecule has 2 aromatic rings. The fourth-order valence-corrected chi connectivity index (χ4v) is 2.57. The Bertz CT molecular complexity index is 720. The second-order valence-corrected chi connectivity index (χ2v) is 6.14. The first-order chi connectivity index (χ1) is 13.1. The van der Waals surface area contributed by atoms with Gasteiger partial charge in [-0.15, -0.1) is 0 Å². The minimum atomic E-state index is -0.282. The van der Waals surface area contributed by atoms with E-state index in [9.17, 15) is 4.79 Å². The van der Waals surface area contributed by atoms with Gasteiger partial charge in [0.05, 0.1) is 25.7 Å². The third kappa shape index (κ3) is 6.23.